The summed E-state index contributed by atoms with van der Waals surface area (Å²) < 4.78 is 1.66. The van der Waals surface area contributed by atoms with Gasteiger partial charge < -0.3 is 5.73 Å². The third-order valence-electron chi connectivity index (χ3n) is 2.42. The van der Waals surface area contributed by atoms with E-state index in [-0.39, 0.29) is 12.2 Å². The number of carbonyl (C=O) groups is 1. The number of ketones is 1. The maximum Gasteiger partial charge on any atom is 0.170 e. The molecular weight excluding hydrogens is 238 g/mol. The van der Waals surface area contributed by atoms with Crippen LogP contribution in [0.15, 0.2) is 30.5 Å². The highest BCUT2D eigenvalue weighted by atomic mass is 35.5. The van der Waals surface area contributed by atoms with Crippen LogP contribution in [-0.2, 0) is 13.5 Å². The van der Waals surface area contributed by atoms with E-state index >= 15 is 0 Å². The van der Waals surface area contributed by atoms with Crippen LogP contribution in [0.5, 0.6) is 0 Å². The lowest BCUT2D eigenvalue weighted by molar-refractivity contribution is 0.0992. The zero-order valence-corrected chi connectivity index (χ0v) is 10.1. The minimum absolute atomic E-state index is 0.0575. The Balaban J connectivity index is 2.20. The number of halogens is 1. The molecule has 1 aromatic heterocycles. The molecule has 0 aliphatic rings. The van der Waals surface area contributed by atoms with Gasteiger partial charge in [0.1, 0.15) is 0 Å². The van der Waals surface area contributed by atoms with Crippen LogP contribution in [-0.4, -0.2) is 15.6 Å². The second-order valence-corrected chi connectivity index (χ2v) is 4.25. The van der Waals surface area contributed by atoms with Gasteiger partial charge in [0.25, 0.3) is 0 Å². The molecule has 0 atom stereocenters. The third kappa shape index (κ3) is 2.65. The number of aryl methyl sites for hydroxylation is 1. The lowest BCUT2D eigenvalue weighted by Gasteiger charge is -2.03. The predicted molar refractivity (Wildman–Crippen MR) is 67.1 cm³/mol. The lowest BCUT2D eigenvalue weighted by atomic mass is 10.1. The Hall–Kier alpha value is -1.81. The van der Waals surface area contributed by atoms with Crippen molar-refractivity contribution in [2.75, 3.05) is 5.73 Å². The summed E-state index contributed by atoms with van der Waals surface area (Å²) in [5.74, 6) is -0.0575. The van der Waals surface area contributed by atoms with Gasteiger partial charge in [-0.1, -0.05) is 11.6 Å². The number of nitrogens with zero attached hydrogens (tertiary/aromatic N) is 2. The number of rotatable bonds is 3. The Morgan fingerprint density at radius 3 is 2.82 bits per heavy atom. The van der Waals surface area contributed by atoms with Crippen molar-refractivity contribution in [3.8, 4) is 0 Å². The minimum Gasteiger partial charge on any atom is -0.398 e. The van der Waals surface area contributed by atoms with Gasteiger partial charge in [0.15, 0.2) is 5.78 Å². The van der Waals surface area contributed by atoms with Gasteiger partial charge in [-0.15, -0.1) is 0 Å². The van der Waals surface area contributed by atoms with E-state index in [1.807, 2.05) is 13.1 Å². The van der Waals surface area contributed by atoms with Crippen molar-refractivity contribution in [2.24, 2.45) is 7.05 Å². The monoisotopic (exact) mass is 249 g/mol. The Morgan fingerprint density at radius 2 is 2.24 bits per heavy atom. The minimum atomic E-state index is -0.0575. The fraction of sp³-hybridized carbons (Fsp3) is 0.167. The van der Waals surface area contributed by atoms with E-state index in [1.165, 1.54) is 0 Å². The van der Waals surface area contributed by atoms with Gasteiger partial charge in [0.2, 0.25) is 0 Å². The summed E-state index contributed by atoms with van der Waals surface area (Å²) in [6.45, 7) is 0. The van der Waals surface area contributed by atoms with Crippen molar-refractivity contribution in [3.05, 3.63) is 46.7 Å². The summed E-state index contributed by atoms with van der Waals surface area (Å²) in [5, 5.41) is 4.68. The van der Waals surface area contributed by atoms with Gasteiger partial charge in [-0.05, 0) is 24.3 Å². The van der Waals surface area contributed by atoms with Gasteiger partial charge in [-0.3, -0.25) is 9.48 Å². The number of hydrogen-bond acceptors (Lipinski definition) is 3. The van der Waals surface area contributed by atoms with Gasteiger partial charge in [-0.2, -0.15) is 5.10 Å². The highest BCUT2D eigenvalue weighted by Crippen LogP contribution is 2.19. The van der Waals surface area contributed by atoms with E-state index in [0.29, 0.717) is 16.3 Å². The Labute approximate surface area is 104 Å². The van der Waals surface area contributed by atoms with Gasteiger partial charge in [0.05, 0.1) is 12.1 Å². The summed E-state index contributed by atoms with van der Waals surface area (Å²) in [6.07, 6.45) is 2.04. The van der Waals surface area contributed by atoms with E-state index in [9.17, 15) is 4.79 Å². The average molecular weight is 250 g/mol. The molecule has 88 valence electrons. The van der Waals surface area contributed by atoms with Crippen molar-refractivity contribution in [3.63, 3.8) is 0 Å². The van der Waals surface area contributed by atoms with E-state index in [1.54, 1.807) is 29.1 Å². The topological polar surface area (TPSA) is 60.9 Å². The van der Waals surface area contributed by atoms with E-state index in [4.69, 9.17) is 17.3 Å². The maximum absolute atomic E-state index is 12.0. The molecule has 0 amide bonds. The zero-order valence-electron chi connectivity index (χ0n) is 9.35. The Bertz CT molecular complexity index is 563. The summed E-state index contributed by atoms with van der Waals surface area (Å²) in [7, 11) is 1.81. The second kappa shape index (κ2) is 4.59. The van der Waals surface area contributed by atoms with Crippen LogP contribution < -0.4 is 5.73 Å². The van der Waals surface area contributed by atoms with Crippen molar-refractivity contribution in [1.82, 2.24) is 9.78 Å². The summed E-state index contributed by atoms with van der Waals surface area (Å²) in [6, 6.07) is 6.68. The molecule has 2 aromatic rings. The summed E-state index contributed by atoms with van der Waals surface area (Å²) in [4.78, 5) is 12.0. The van der Waals surface area contributed by atoms with E-state index < -0.39 is 0 Å². The van der Waals surface area contributed by atoms with Crippen LogP contribution in [0, 0.1) is 0 Å². The first kappa shape index (κ1) is 11.7. The van der Waals surface area contributed by atoms with Crippen molar-refractivity contribution < 1.29 is 4.79 Å². The van der Waals surface area contributed by atoms with Crippen LogP contribution in [0.1, 0.15) is 16.1 Å². The molecule has 0 unspecified atom stereocenters. The van der Waals surface area contributed by atoms with Crippen molar-refractivity contribution >= 4 is 23.1 Å². The number of aromatic nitrogens is 2. The standard InChI is InChI=1S/C12H12ClN3O/c1-16-5-4-9(15-16)7-12(17)10-3-2-8(13)6-11(10)14/h2-6H,7,14H2,1H3. The smallest absolute Gasteiger partial charge is 0.170 e. The molecule has 0 saturated heterocycles. The average Bonchev–Trinajstić information content (AvgIpc) is 2.63. The molecule has 0 aliphatic heterocycles. The number of Topliss-reactive ketones (excluding diaryl/α,β-unsaturated/α-hetero) is 1. The molecule has 5 heteroatoms. The molecule has 0 saturated carbocycles. The predicted octanol–water partition coefficient (Wildman–Crippen LogP) is 2.08. The molecular formula is C12H12ClN3O. The van der Waals surface area contributed by atoms with E-state index in [2.05, 4.69) is 5.10 Å². The molecule has 2 rings (SSSR count). The van der Waals surface area contributed by atoms with Crippen LogP contribution in [0.25, 0.3) is 0 Å². The Kier molecular flexibility index (Phi) is 3.15. The molecule has 2 N–H and O–H groups in total. The van der Waals surface area contributed by atoms with Gasteiger partial charge in [-0.25, -0.2) is 0 Å². The second-order valence-electron chi connectivity index (χ2n) is 3.81. The van der Waals surface area contributed by atoms with E-state index in [0.717, 1.165) is 5.69 Å². The van der Waals surface area contributed by atoms with Crippen molar-refractivity contribution in [2.45, 2.75) is 6.42 Å². The summed E-state index contributed by atoms with van der Waals surface area (Å²) >= 11 is 5.78. The highest BCUT2D eigenvalue weighted by Gasteiger charge is 2.12. The number of benzene rings is 1. The number of carbonyl (C=O) groups excluding carboxylic acids is 1. The largest absolute Gasteiger partial charge is 0.398 e. The Morgan fingerprint density at radius 1 is 1.47 bits per heavy atom. The van der Waals surface area contributed by atoms with Gasteiger partial charge in [0, 0.05) is 29.5 Å². The third-order valence-corrected chi connectivity index (χ3v) is 2.66. The maximum atomic E-state index is 12.0. The van der Waals surface area contributed by atoms with Crippen LogP contribution >= 0.6 is 11.6 Å². The highest BCUT2D eigenvalue weighted by molar-refractivity contribution is 6.31. The molecule has 0 spiro atoms. The van der Waals surface area contributed by atoms with Gasteiger partial charge >= 0.3 is 0 Å². The fourth-order valence-electron chi connectivity index (χ4n) is 1.60. The molecule has 0 fully saturated rings. The zero-order chi connectivity index (χ0) is 12.4. The SMILES string of the molecule is Cn1ccc(CC(=O)c2ccc(Cl)cc2N)n1. The molecule has 1 heterocycles. The normalized spacial score (nSPS) is 10.5. The molecule has 0 aliphatic carbocycles. The molecule has 4 nitrogen and oxygen atoms in total. The number of anilines is 1. The molecule has 1 aromatic carbocycles. The first-order valence-electron chi connectivity index (χ1n) is 5.13. The fourth-order valence-corrected chi connectivity index (χ4v) is 1.79. The first-order chi connectivity index (χ1) is 8.06. The molecule has 0 bridgehead atoms. The quantitative estimate of drug-likeness (QED) is 0.669. The van der Waals surface area contributed by atoms with Crippen LogP contribution in [0.4, 0.5) is 5.69 Å². The van der Waals surface area contributed by atoms with Crippen LogP contribution in [0.3, 0.4) is 0 Å². The molecule has 17 heavy (non-hydrogen) atoms. The van der Waals surface area contributed by atoms with Crippen LogP contribution in [0.2, 0.25) is 5.02 Å². The number of hydrogen-bond donors (Lipinski definition) is 1. The lowest BCUT2D eigenvalue weighted by Crippen LogP contribution is -2.07. The first-order valence-corrected chi connectivity index (χ1v) is 5.51. The summed E-state index contributed by atoms with van der Waals surface area (Å²) in [5.41, 5.74) is 7.37. The van der Waals surface area contributed by atoms with Crippen molar-refractivity contribution in [1.29, 1.82) is 0 Å². The number of nitrogen functional groups attached to an aromatic ring is 1. The molecule has 0 radical (unpaired) electrons. The number of nitrogens with two attached hydrogens (primary N) is 1.